The molecule has 1 unspecified atom stereocenters. The topological polar surface area (TPSA) is 54.9 Å². The van der Waals surface area contributed by atoms with Crippen molar-refractivity contribution in [3.05, 3.63) is 59.7 Å². The Kier molecular flexibility index (Phi) is 8.08. The van der Waals surface area contributed by atoms with E-state index >= 15 is 0 Å². The average molecular weight is 489 g/mol. The Labute approximate surface area is 174 Å². The molecule has 0 aliphatic carbocycles. The molecule has 0 amide bonds. The molecule has 2 aromatic rings. The predicted molar refractivity (Wildman–Crippen MR) is 111 cm³/mol. The monoisotopic (exact) mass is 489 g/mol. The lowest BCUT2D eigenvalue weighted by molar-refractivity contribution is 0.0936. The molecule has 1 atom stereocenters. The first-order valence-electron chi connectivity index (χ1n) is 8.50. The van der Waals surface area contributed by atoms with Gasteiger partial charge in [-0.3, -0.25) is 0 Å². The minimum Gasteiger partial charge on any atom is -0.486 e. The Morgan fingerprint density at radius 3 is 2.70 bits per heavy atom. The van der Waals surface area contributed by atoms with Crippen LogP contribution in [0.25, 0.3) is 0 Å². The summed E-state index contributed by atoms with van der Waals surface area (Å²) in [6.07, 6.45) is -0.181. The molecule has 0 bridgehead atoms. The molecule has 8 heteroatoms. The first-order chi connectivity index (χ1) is 12.7. The van der Waals surface area contributed by atoms with Gasteiger partial charge in [0.1, 0.15) is 24.3 Å². The normalized spacial score (nSPS) is 15.7. The van der Waals surface area contributed by atoms with Gasteiger partial charge in [-0.15, -0.1) is 24.0 Å². The van der Waals surface area contributed by atoms with Gasteiger partial charge >= 0.3 is 0 Å². The van der Waals surface area contributed by atoms with Crippen LogP contribution in [0.3, 0.4) is 0 Å². The van der Waals surface area contributed by atoms with Crippen molar-refractivity contribution in [2.24, 2.45) is 4.99 Å². The highest BCUT2D eigenvalue weighted by atomic mass is 127. The Bertz CT molecular complexity index is 789. The Morgan fingerprint density at radius 2 is 1.93 bits per heavy atom. The van der Waals surface area contributed by atoms with Crippen LogP contribution in [0.2, 0.25) is 0 Å². The summed E-state index contributed by atoms with van der Waals surface area (Å²) in [5.74, 6) is 0.964. The molecule has 0 saturated carbocycles. The van der Waals surface area contributed by atoms with Gasteiger partial charge in [0.25, 0.3) is 0 Å². The molecule has 0 radical (unpaired) electrons. The zero-order valence-corrected chi connectivity index (χ0v) is 17.2. The lowest BCUT2D eigenvalue weighted by Crippen LogP contribution is -2.45. The van der Waals surface area contributed by atoms with Crippen molar-refractivity contribution in [1.29, 1.82) is 0 Å². The van der Waals surface area contributed by atoms with Crippen molar-refractivity contribution in [2.75, 3.05) is 19.7 Å². The average Bonchev–Trinajstić information content (AvgIpc) is 2.66. The molecule has 1 heterocycles. The maximum Gasteiger partial charge on any atom is 0.191 e. The highest BCUT2D eigenvalue weighted by Gasteiger charge is 2.20. The van der Waals surface area contributed by atoms with Gasteiger partial charge in [-0.05, 0) is 37.3 Å². The number of nitrogens with zero attached hydrogens (tertiary/aromatic N) is 1. The van der Waals surface area contributed by atoms with Crippen molar-refractivity contribution >= 4 is 29.9 Å². The molecule has 0 fully saturated rings. The van der Waals surface area contributed by atoms with Crippen LogP contribution in [0.15, 0.2) is 47.5 Å². The Morgan fingerprint density at radius 1 is 1.15 bits per heavy atom. The van der Waals surface area contributed by atoms with Crippen molar-refractivity contribution < 1.29 is 18.3 Å². The van der Waals surface area contributed by atoms with Gasteiger partial charge in [0.2, 0.25) is 0 Å². The first-order valence-corrected chi connectivity index (χ1v) is 8.50. The maximum atomic E-state index is 13.7. The zero-order chi connectivity index (χ0) is 18.4. The standard InChI is InChI=1S/C19H21F2N3O2.HI/c1-2-22-19(23-10-13-9-14(20)7-8-16(13)21)24-11-15-12-25-17-5-3-4-6-18(17)26-15;/h3-9,15H,2,10-12H2,1H3,(H2,22,23,24);1H. The molecular formula is C19H22F2IN3O2. The van der Waals surface area contributed by atoms with Gasteiger partial charge in [-0.1, -0.05) is 12.1 Å². The number of para-hydroxylation sites is 2. The number of nitrogens with one attached hydrogen (secondary N) is 2. The van der Waals surface area contributed by atoms with Gasteiger partial charge in [0.05, 0.1) is 13.1 Å². The summed E-state index contributed by atoms with van der Waals surface area (Å²) in [5, 5.41) is 6.22. The van der Waals surface area contributed by atoms with Gasteiger partial charge in [0.15, 0.2) is 17.5 Å². The number of fused-ring (bicyclic) bond motifs is 1. The van der Waals surface area contributed by atoms with Gasteiger partial charge in [-0.25, -0.2) is 13.8 Å². The number of aliphatic imine (C=N–C) groups is 1. The highest BCUT2D eigenvalue weighted by Crippen LogP contribution is 2.30. The lowest BCUT2D eigenvalue weighted by atomic mass is 10.2. The second-order valence-electron chi connectivity index (χ2n) is 5.81. The van der Waals surface area contributed by atoms with E-state index in [-0.39, 0.29) is 42.2 Å². The van der Waals surface area contributed by atoms with Crippen LogP contribution in [-0.4, -0.2) is 31.8 Å². The summed E-state index contributed by atoms with van der Waals surface area (Å²) in [4.78, 5) is 4.31. The van der Waals surface area contributed by atoms with Crippen LogP contribution < -0.4 is 20.1 Å². The third kappa shape index (κ3) is 5.95. The number of guanidine groups is 1. The molecule has 0 saturated heterocycles. The number of ether oxygens (including phenoxy) is 2. The predicted octanol–water partition coefficient (Wildman–Crippen LogP) is 3.48. The lowest BCUT2D eigenvalue weighted by Gasteiger charge is -2.27. The fraction of sp³-hybridized carbons (Fsp3) is 0.316. The fourth-order valence-corrected chi connectivity index (χ4v) is 2.54. The van der Waals surface area contributed by atoms with E-state index in [1.54, 1.807) is 0 Å². The molecule has 2 N–H and O–H groups in total. The van der Waals surface area contributed by atoms with E-state index in [2.05, 4.69) is 15.6 Å². The number of hydrogen-bond donors (Lipinski definition) is 2. The van der Waals surface area contributed by atoms with Crippen molar-refractivity contribution in [1.82, 2.24) is 10.6 Å². The highest BCUT2D eigenvalue weighted by molar-refractivity contribution is 14.0. The van der Waals surface area contributed by atoms with Gasteiger partial charge < -0.3 is 20.1 Å². The molecule has 5 nitrogen and oxygen atoms in total. The molecule has 146 valence electrons. The SMILES string of the molecule is CCNC(=NCc1cc(F)ccc1F)NCC1COc2ccccc2O1.I. The number of halogens is 3. The van der Waals surface area contributed by atoms with E-state index in [0.29, 0.717) is 31.4 Å². The molecule has 1 aliphatic heterocycles. The summed E-state index contributed by atoms with van der Waals surface area (Å²) < 4.78 is 38.5. The van der Waals surface area contributed by atoms with Crippen LogP contribution in [0.5, 0.6) is 11.5 Å². The second kappa shape index (κ2) is 10.3. The summed E-state index contributed by atoms with van der Waals surface area (Å²) in [5.41, 5.74) is 0.202. The molecule has 0 spiro atoms. The first kappa shape index (κ1) is 21.2. The number of hydrogen-bond acceptors (Lipinski definition) is 3. The summed E-state index contributed by atoms with van der Waals surface area (Å²) in [6.45, 7) is 3.48. The van der Waals surface area contributed by atoms with Crippen molar-refractivity contribution in [2.45, 2.75) is 19.6 Å². The van der Waals surface area contributed by atoms with Crippen LogP contribution >= 0.6 is 24.0 Å². The second-order valence-corrected chi connectivity index (χ2v) is 5.81. The number of rotatable bonds is 5. The Hall–Kier alpha value is -2.10. The van der Waals surface area contributed by atoms with Crippen LogP contribution in [0.4, 0.5) is 8.78 Å². The van der Waals surface area contributed by atoms with E-state index in [1.165, 1.54) is 0 Å². The van der Waals surface area contributed by atoms with E-state index in [0.717, 1.165) is 23.9 Å². The smallest absolute Gasteiger partial charge is 0.191 e. The third-order valence-corrected chi connectivity index (χ3v) is 3.82. The minimum absolute atomic E-state index is 0. The van der Waals surface area contributed by atoms with E-state index in [1.807, 2.05) is 31.2 Å². The molecule has 1 aliphatic rings. The quantitative estimate of drug-likeness (QED) is 0.384. The minimum atomic E-state index is -0.485. The maximum absolute atomic E-state index is 13.7. The number of benzene rings is 2. The zero-order valence-electron chi connectivity index (χ0n) is 14.9. The van der Waals surface area contributed by atoms with Crippen molar-refractivity contribution in [3.63, 3.8) is 0 Å². The van der Waals surface area contributed by atoms with E-state index in [9.17, 15) is 8.78 Å². The molecular weight excluding hydrogens is 467 g/mol. The fourth-order valence-electron chi connectivity index (χ4n) is 2.54. The van der Waals surface area contributed by atoms with E-state index < -0.39 is 11.6 Å². The van der Waals surface area contributed by atoms with Crippen LogP contribution in [-0.2, 0) is 6.54 Å². The largest absolute Gasteiger partial charge is 0.486 e. The molecule has 0 aromatic heterocycles. The third-order valence-electron chi connectivity index (χ3n) is 3.82. The van der Waals surface area contributed by atoms with E-state index in [4.69, 9.17) is 9.47 Å². The molecule has 3 rings (SSSR count). The summed E-state index contributed by atoms with van der Waals surface area (Å²) in [6, 6.07) is 10.8. The van der Waals surface area contributed by atoms with Crippen molar-refractivity contribution in [3.8, 4) is 11.5 Å². The van der Waals surface area contributed by atoms with Gasteiger partial charge in [0, 0.05) is 12.1 Å². The Balaban J connectivity index is 0.00000261. The molecule has 27 heavy (non-hydrogen) atoms. The van der Waals surface area contributed by atoms with Gasteiger partial charge in [-0.2, -0.15) is 0 Å². The van der Waals surface area contributed by atoms with Crippen LogP contribution in [0.1, 0.15) is 12.5 Å². The summed E-state index contributed by atoms with van der Waals surface area (Å²) in [7, 11) is 0. The van der Waals surface area contributed by atoms with Crippen LogP contribution in [0, 0.1) is 11.6 Å². The summed E-state index contributed by atoms with van der Waals surface area (Å²) >= 11 is 0. The molecule has 2 aromatic carbocycles.